The van der Waals surface area contributed by atoms with Gasteiger partial charge < -0.3 is 10.1 Å². The van der Waals surface area contributed by atoms with E-state index in [4.69, 9.17) is 11.2 Å². The molecule has 1 unspecified atom stereocenters. The molecule has 0 aromatic heterocycles. The number of rotatable bonds is 5. The summed E-state index contributed by atoms with van der Waals surface area (Å²) in [7, 11) is 0. The van der Waals surface area contributed by atoms with Crippen LogP contribution in [0.1, 0.15) is 43.4 Å². The Labute approximate surface area is 110 Å². The van der Waals surface area contributed by atoms with E-state index in [-0.39, 0.29) is 0 Å². The normalized spacial score (nSPS) is 17.9. The Morgan fingerprint density at radius 3 is 3.17 bits per heavy atom. The molecule has 1 aliphatic rings. The molecule has 0 heterocycles. The van der Waals surface area contributed by atoms with Crippen LogP contribution in [0.3, 0.4) is 0 Å². The van der Waals surface area contributed by atoms with E-state index in [1.165, 1.54) is 24.0 Å². The van der Waals surface area contributed by atoms with E-state index in [2.05, 4.69) is 36.4 Å². The molecule has 1 aromatic rings. The molecule has 2 nitrogen and oxygen atoms in total. The number of fused-ring (bicyclic) bond motifs is 1. The van der Waals surface area contributed by atoms with Crippen molar-refractivity contribution in [1.82, 2.24) is 5.32 Å². The number of ether oxygens (including phenoxy) is 1. The van der Waals surface area contributed by atoms with Gasteiger partial charge in [-0.05, 0) is 43.0 Å². The Bertz CT molecular complexity index is 433. The number of benzene rings is 1. The summed E-state index contributed by atoms with van der Waals surface area (Å²) >= 11 is 0. The minimum Gasteiger partial charge on any atom is -0.492 e. The fraction of sp³-hybridized carbons (Fsp3) is 0.500. The molecule has 1 atom stereocenters. The fourth-order valence-corrected chi connectivity index (χ4v) is 2.63. The molecule has 0 bridgehead atoms. The highest BCUT2D eigenvalue weighted by Crippen LogP contribution is 2.35. The first-order chi connectivity index (χ1) is 8.86. The average Bonchev–Trinajstić information content (AvgIpc) is 2.40. The smallest absolute Gasteiger partial charge is 0.122 e. The zero-order valence-electron chi connectivity index (χ0n) is 11.0. The molecule has 0 amide bonds. The van der Waals surface area contributed by atoms with Gasteiger partial charge in [-0.2, -0.15) is 0 Å². The van der Waals surface area contributed by atoms with Crippen molar-refractivity contribution in [2.45, 2.75) is 38.6 Å². The molecule has 2 heteroatoms. The van der Waals surface area contributed by atoms with E-state index in [1.807, 2.05) is 0 Å². The molecule has 0 spiro atoms. The zero-order valence-corrected chi connectivity index (χ0v) is 11.0. The van der Waals surface area contributed by atoms with Crippen molar-refractivity contribution in [3.8, 4) is 18.1 Å². The standard InChI is InChI=1S/C16H21NO/c1-3-5-12-18-16-11-7-8-13-14(16)9-6-10-15(13)17-4-2/h1,7-8,11,15,17H,4-6,9-10,12H2,2H3. The predicted molar refractivity (Wildman–Crippen MR) is 74.7 cm³/mol. The van der Waals surface area contributed by atoms with Crippen molar-refractivity contribution in [2.24, 2.45) is 0 Å². The first-order valence-corrected chi connectivity index (χ1v) is 6.78. The Hall–Kier alpha value is -1.46. The van der Waals surface area contributed by atoms with Gasteiger partial charge in [0.25, 0.3) is 0 Å². The zero-order chi connectivity index (χ0) is 12.8. The van der Waals surface area contributed by atoms with Crippen LogP contribution in [0.25, 0.3) is 0 Å². The monoisotopic (exact) mass is 243 g/mol. The highest BCUT2D eigenvalue weighted by Gasteiger charge is 2.21. The van der Waals surface area contributed by atoms with Gasteiger partial charge in [0.15, 0.2) is 0 Å². The second-order valence-corrected chi connectivity index (χ2v) is 4.63. The lowest BCUT2D eigenvalue weighted by molar-refractivity contribution is 0.319. The SMILES string of the molecule is C#CCCOc1cccc2c1CCCC2NCC. The third-order valence-electron chi connectivity index (χ3n) is 3.42. The minimum atomic E-state index is 0.481. The summed E-state index contributed by atoms with van der Waals surface area (Å²) in [6.45, 7) is 3.77. The minimum absolute atomic E-state index is 0.481. The number of nitrogens with one attached hydrogen (secondary N) is 1. The van der Waals surface area contributed by atoms with E-state index in [9.17, 15) is 0 Å². The Morgan fingerprint density at radius 2 is 2.39 bits per heavy atom. The Morgan fingerprint density at radius 1 is 1.50 bits per heavy atom. The van der Waals surface area contributed by atoms with E-state index in [0.29, 0.717) is 19.1 Å². The predicted octanol–water partition coefficient (Wildman–Crippen LogP) is 3.08. The van der Waals surface area contributed by atoms with Crippen molar-refractivity contribution in [1.29, 1.82) is 0 Å². The van der Waals surface area contributed by atoms with Crippen LogP contribution in [0, 0.1) is 12.3 Å². The molecule has 1 aliphatic carbocycles. The Balaban J connectivity index is 2.18. The van der Waals surface area contributed by atoms with Crippen molar-refractivity contribution in [2.75, 3.05) is 13.2 Å². The first kappa shape index (κ1) is 13.0. The lowest BCUT2D eigenvalue weighted by atomic mass is 9.87. The molecule has 96 valence electrons. The molecule has 0 fully saturated rings. The van der Waals surface area contributed by atoms with Crippen molar-refractivity contribution >= 4 is 0 Å². The molecule has 0 saturated heterocycles. The van der Waals surface area contributed by atoms with Crippen LogP contribution < -0.4 is 10.1 Å². The second kappa shape index (κ2) is 6.47. The van der Waals surface area contributed by atoms with Gasteiger partial charge in [-0.25, -0.2) is 0 Å². The van der Waals surface area contributed by atoms with Gasteiger partial charge in [0.1, 0.15) is 5.75 Å². The van der Waals surface area contributed by atoms with Crippen LogP contribution in [-0.2, 0) is 6.42 Å². The van der Waals surface area contributed by atoms with Crippen LogP contribution >= 0.6 is 0 Å². The molecule has 18 heavy (non-hydrogen) atoms. The quantitative estimate of drug-likeness (QED) is 0.634. The molecule has 1 aromatic carbocycles. The average molecular weight is 243 g/mol. The largest absolute Gasteiger partial charge is 0.492 e. The highest BCUT2D eigenvalue weighted by atomic mass is 16.5. The maximum absolute atomic E-state index is 5.80. The topological polar surface area (TPSA) is 21.3 Å². The van der Waals surface area contributed by atoms with Gasteiger partial charge in [0.05, 0.1) is 6.61 Å². The number of hydrogen-bond acceptors (Lipinski definition) is 2. The van der Waals surface area contributed by atoms with Crippen LogP contribution in [-0.4, -0.2) is 13.2 Å². The summed E-state index contributed by atoms with van der Waals surface area (Å²) in [4.78, 5) is 0. The molecule has 1 N–H and O–H groups in total. The third-order valence-corrected chi connectivity index (χ3v) is 3.42. The van der Waals surface area contributed by atoms with E-state index < -0.39 is 0 Å². The first-order valence-electron chi connectivity index (χ1n) is 6.78. The Kier molecular flexibility index (Phi) is 4.66. The van der Waals surface area contributed by atoms with E-state index in [0.717, 1.165) is 18.7 Å². The summed E-state index contributed by atoms with van der Waals surface area (Å²) in [5.41, 5.74) is 2.77. The molecule has 2 rings (SSSR count). The fourth-order valence-electron chi connectivity index (χ4n) is 2.63. The van der Waals surface area contributed by atoms with Crippen LogP contribution in [0.15, 0.2) is 18.2 Å². The molecular weight excluding hydrogens is 222 g/mol. The van der Waals surface area contributed by atoms with Gasteiger partial charge in [0.2, 0.25) is 0 Å². The van der Waals surface area contributed by atoms with Gasteiger partial charge in [-0.3, -0.25) is 0 Å². The van der Waals surface area contributed by atoms with Gasteiger partial charge in [-0.15, -0.1) is 12.3 Å². The van der Waals surface area contributed by atoms with Crippen LogP contribution in [0.2, 0.25) is 0 Å². The summed E-state index contributed by atoms with van der Waals surface area (Å²) in [5.74, 6) is 3.63. The summed E-state index contributed by atoms with van der Waals surface area (Å²) in [6, 6.07) is 6.84. The van der Waals surface area contributed by atoms with Crippen molar-refractivity contribution in [3.63, 3.8) is 0 Å². The number of hydrogen-bond donors (Lipinski definition) is 1. The van der Waals surface area contributed by atoms with E-state index in [1.54, 1.807) is 0 Å². The van der Waals surface area contributed by atoms with Gasteiger partial charge in [-0.1, -0.05) is 19.1 Å². The summed E-state index contributed by atoms with van der Waals surface area (Å²) < 4.78 is 5.80. The molecule has 0 aliphatic heterocycles. The molecule has 0 saturated carbocycles. The lowest BCUT2D eigenvalue weighted by Gasteiger charge is -2.27. The van der Waals surface area contributed by atoms with Gasteiger partial charge in [0, 0.05) is 12.5 Å². The maximum Gasteiger partial charge on any atom is 0.122 e. The lowest BCUT2D eigenvalue weighted by Crippen LogP contribution is -2.25. The van der Waals surface area contributed by atoms with Crippen molar-refractivity contribution in [3.05, 3.63) is 29.3 Å². The number of terminal acetylenes is 1. The van der Waals surface area contributed by atoms with E-state index >= 15 is 0 Å². The van der Waals surface area contributed by atoms with Gasteiger partial charge >= 0.3 is 0 Å². The van der Waals surface area contributed by atoms with Crippen molar-refractivity contribution < 1.29 is 4.74 Å². The highest BCUT2D eigenvalue weighted by molar-refractivity contribution is 5.43. The summed E-state index contributed by atoms with van der Waals surface area (Å²) in [5, 5.41) is 3.55. The second-order valence-electron chi connectivity index (χ2n) is 4.63. The summed E-state index contributed by atoms with van der Waals surface area (Å²) in [6.07, 6.45) is 9.47. The van der Waals surface area contributed by atoms with Crippen LogP contribution in [0.4, 0.5) is 0 Å². The molecular formula is C16H21NO. The molecule has 0 radical (unpaired) electrons. The third kappa shape index (κ3) is 2.86. The van der Waals surface area contributed by atoms with Crippen LogP contribution in [0.5, 0.6) is 5.75 Å². The maximum atomic E-state index is 5.80.